The summed E-state index contributed by atoms with van der Waals surface area (Å²) in [5.41, 5.74) is 3.55. The van der Waals surface area contributed by atoms with Crippen molar-refractivity contribution in [3.63, 3.8) is 0 Å². The maximum atomic E-state index is 8.92. The van der Waals surface area contributed by atoms with Gasteiger partial charge in [-0.05, 0) is 24.1 Å². The molecule has 2 aromatic rings. The van der Waals surface area contributed by atoms with Gasteiger partial charge in [0.1, 0.15) is 0 Å². The van der Waals surface area contributed by atoms with Gasteiger partial charge in [-0.3, -0.25) is 0 Å². The van der Waals surface area contributed by atoms with Crippen LogP contribution in [0.15, 0.2) is 54.6 Å². The molecule has 0 saturated heterocycles. The molecule has 0 unspecified atom stereocenters. The van der Waals surface area contributed by atoms with Gasteiger partial charge in [0.25, 0.3) is 0 Å². The number of anilines is 1. The van der Waals surface area contributed by atoms with E-state index in [4.69, 9.17) is 5.26 Å². The van der Waals surface area contributed by atoms with Crippen LogP contribution in [-0.4, -0.2) is 6.54 Å². The van der Waals surface area contributed by atoms with E-state index >= 15 is 0 Å². The maximum Gasteiger partial charge on any atom is 0.0670 e. The largest absolute Gasteiger partial charge is 0.367 e. The molecule has 2 aromatic carbocycles. The van der Waals surface area contributed by atoms with E-state index in [2.05, 4.69) is 48.2 Å². The molecule has 0 fully saturated rings. The van der Waals surface area contributed by atoms with E-state index in [0.29, 0.717) is 6.42 Å². The molecule has 2 rings (SSSR count). The number of nitriles is 1. The van der Waals surface area contributed by atoms with Gasteiger partial charge in [0.05, 0.1) is 12.5 Å². The van der Waals surface area contributed by atoms with E-state index < -0.39 is 0 Å². The topological polar surface area (TPSA) is 27.0 Å². The SMILES string of the molecule is CCN(Cc1ccccc1)c1ccccc1CC#N. The molecule has 0 bridgehead atoms. The van der Waals surface area contributed by atoms with Gasteiger partial charge in [0.15, 0.2) is 0 Å². The minimum Gasteiger partial charge on any atom is -0.367 e. The lowest BCUT2D eigenvalue weighted by Gasteiger charge is -2.25. The van der Waals surface area contributed by atoms with Crippen molar-refractivity contribution in [2.24, 2.45) is 0 Å². The summed E-state index contributed by atoms with van der Waals surface area (Å²) in [4.78, 5) is 2.31. The van der Waals surface area contributed by atoms with E-state index in [0.717, 1.165) is 24.3 Å². The summed E-state index contributed by atoms with van der Waals surface area (Å²) in [6, 6.07) is 20.8. The molecule has 0 heterocycles. The lowest BCUT2D eigenvalue weighted by Crippen LogP contribution is -2.23. The third kappa shape index (κ3) is 3.35. The Morgan fingerprint density at radius 1 is 1.00 bits per heavy atom. The van der Waals surface area contributed by atoms with Gasteiger partial charge >= 0.3 is 0 Å². The molecule has 0 spiro atoms. The first-order valence-corrected chi connectivity index (χ1v) is 6.59. The van der Waals surface area contributed by atoms with Crippen LogP contribution in [-0.2, 0) is 13.0 Å². The molecular weight excluding hydrogens is 232 g/mol. The van der Waals surface area contributed by atoms with Crippen molar-refractivity contribution < 1.29 is 0 Å². The molecule has 2 heteroatoms. The zero-order valence-corrected chi connectivity index (χ0v) is 11.2. The number of para-hydroxylation sites is 1. The van der Waals surface area contributed by atoms with Crippen LogP contribution in [0.1, 0.15) is 18.1 Å². The summed E-state index contributed by atoms with van der Waals surface area (Å²) in [6.45, 7) is 3.95. The lowest BCUT2D eigenvalue weighted by molar-refractivity contribution is 0.826. The van der Waals surface area contributed by atoms with Crippen LogP contribution in [0.3, 0.4) is 0 Å². The highest BCUT2D eigenvalue weighted by atomic mass is 15.1. The predicted octanol–water partition coefficient (Wildman–Crippen LogP) is 3.78. The summed E-state index contributed by atoms with van der Waals surface area (Å²) in [5, 5.41) is 8.92. The Morgan fingerprint density at radius 2 is 1.68 bits per heavy atom. The van der Waals surface area contributed by atoms with Gasteiger partial charge in [-0.25, -0.2) is 0 Å². The fourth-order valence-corrected chi connectivity index (χ4v) is 2.23. The summed E-state index contributed by atoms with van der Waals surface area (Å²) < 4.78 is 0. The molecule has 0 aliphatic heterocycles. The van der Waals surface area contributed by atoms with Crippen molar-refractivity contribution in [3.05, 3.63) is 65.7 Å². The van der Waals surface area contributed by atoms with Crippen molar-refractivity contribution in [2.45, 2.75) is 19.9 Å². The highest BCUT2D eigenvalue weighted by molar-refractivity contribution is 5.54. The summed E-state index contributed by atoms with van der Waals surface area (Å²) >= 11 is 0. The zero-order valence-electron chi connectivity index (χ0n) is 11.2. The Balaban J connectivity index is 2.25. The van der Waals surface area contributed by atoms with Crippen LogP contribution in [0, 0.1) is 11.3 Å². The molecule has 0 N–H and O–H groups in total. The summed E-state index contributed by atoms with van der Waals surface area (Å²) in [6.07, 6.45) is 0.460. The van der Waals surface area contributed by atoms with Gasteiger partial charge in [0.2, 0.25) is 0 Å². The van der Waals surface area contributed by atoms with Crippen LogP contribution in [0.2, 0.25) is 0 Å². The van der Waals surface area contributed by atoms with Crippen LogP contribution in [0.4, 0.5) is 5.69 Å². The van der Waals surface area contributed by atoms with Crippen molar-refractivity contribution in [3.8, 4) is 6.07 Å². The first-order valence-electron chi connectivity index (χ1n) is 6.59. The third-order valence-electron chi connectivity index (χ3n) is 3.20. The standard InChI is InChI=1S/C17H18N2/c1-2-19(14-15-8-4-3-5-9-15)17-11-7-6-10-16(17)12-13-18/h3-11H,2,12,14H2,1H3. The average molecular weight is 250 g/mol. The van der Waals surface area contributed by atoms with Crippen molar-refractivity contribution in [1.29, 1.82) is 5.26 Å². The molecule has 96 valence electrons. The van der Waals surface area contributed by atoms with Crippen LogP contribution < -0.4 is 4.90 Å². The Labute approximate surface area is 114 Å². The first kappa shape index (κ1) is 13.2. The minimum atomic E-state index is 0.460. The van der Waals surface area contributed by atoms with Gasteiger partial charge in [0, 0.05) is 18.8 Å². The number of nitrogens with zero attached hydrogens (tertiary/aromatic N) is 2. The number of hydrogen-bond donors (Lipinski definition) is 0. The first-order chi connectivity index (χ1) is 9.35. The van der Waals surface area contributed by atoms with Gasteiger partial charge < -0.3 is 4.90 Å². The monoisotopic (exact) mass is 250 g/mol. The quantitative estimate of drug-likeness (QED) is 0.807. The van der Waals surface area contributed by atoms with E-state index in [1.54, 1.807) is 0 Å². The van der Waals surface area contributed by atoms with Crippen molar-refractivity contribution in [2.75, 3.05) is 11.4 Å². The Bertz CT molecular complexity index is 555. The molecule has 0 atom stereocenters. The van der Waals surface area contributed by atoms with Gasteiger partial charge in [-0.2, -0.15) is 5.26 Å². The number of rotatable bonds is 5. The van der Waals surface area contributed by atoms with Crippen LogP contribution >= 0.6 is 0 Å². The molecular formula is C17H18N2. The number of hydrogen-bond acceptors (Lipinski definition) is 2. The Kier molecular flexibility index (Phi) is 4.58. The highest BCUT2D eigenvalue weighted by Gasteiger charge is 2.09. The second-order valence-electron chi connectivity index (χ2n) is 4.46. The van der Waals surface area contributed by atoms with Gasteiger partial charge in [-0.15, -0.1) is 0 Å². The molecule has 0 radical (unpaired) electrons. The maximum absolute atomic E-state index is 8.92. The van der Waals surface area contributed by atoms with Crippen LogP contribution in [0.5, 0.6) is 0 Å². The Hall–Kier alpha value is -2.27. The normalized spacial score (nSPS) is 9.89. The summed E-state index contributed by atoms with van der Waals surface area (Å²) in [7, 11) is 0. The molecule has 0 aliphatic rings. The van der Waals surface area contributed by atoms with E-state index in [1.807, 2.05) is 24.3 Å². The highest BCUT2D eigenvalue weighted by Crippen LogP contribution is 2.22. The van der Waals surface area contributed by atoms with Gasteiger partial charge in [-0.1, -0.05) is 48.5 Å². The van der Waals surface area contributed by atoms with E-state index in [-0.39, 0.29) is 0 Å². The second-order valence-corrected chi connectivity index (χ2v) is 4.46. The minimum absolute atomic E-state index is 0.460. The molecule has 0 saturated carbocycles. The Morgan fingerprint density at radius 3 is 2.37 bits per heavy atom. The van der Waals surface area contributed by atoms with Crippen molar-refractivity contribution in [1.82, 2.24) is 0 Å². The average Bonchev–Trinajstić information content (AvgIpc) is 2.47. The molecule has 0 aliphatic carbocycles. The fourth-order valence-electron chi connectivity index (χ4n) is 2.23. The second kappa shape index (κ2) is 6.61. The molecule has 2 nitrogen and oxygen atoms in total. The third-order valence-corrected chi connectivity index (χ3v) is 3.20. The fraction of sp³-hybridized carbons (Fsp3) is 0.235. The number of benzene rings is 2. The van der Waals surface area contributed by atoms with Crippen LogP contribution in [0.25, 0.3) is 0 Å². The van der Waals surface area contributed by atoms with E-state index in [1.165, 1.54) is 5.56 Å². The predicted molar refractivity (Wildman–Crippen MR) is 78.9 cm³/mol. The zero-order chi connectivity index (χ0) is 13.5. The smallest absolute Gasteiger partial charge is 0.0670 e. The lowest BCUT2D eigenvalue weighted by atomic mass is 10.1. The molecule has 19 heavy (non-hydrogen) atoms. The van der Waals surface area contributed by atoms with Crippen molar-refractivity contribution >= 4 is 5.69 Å². The molecule has 0 aromatic heterocycles. The molecule has 0 amide bonds. The van der Waals surface area contributed by atoms with E-state index in [9.17, 15) is 0 Å². The summed E-state index contributed by atoms with van der Waals surface area (Å²) in [5.74, 6) is 0.